The van der Waals surface area contributed by atoms with Crippen molar-refractivity contribution < 1.29 is 27.1 Å². The topological polar surface area (TPSA) is 70.1 Å². The third-order valence-electron chi connectivity index (χ3n) is 4.14. The maximum absolute atomic E-state index is 13.9. The minimum Gasteiger partial charge on any atom is -0.427 e. The first-order chi connectivity index (χ1) is 13.8. The highest BCUT2D eigenvalue weighted by atomic mass is 35.5. The minimum absolute atomic E-state index is 0.0129. The standard InChI is InChI=1S/C19H14ClF4N3O2/c20-17-13(2-1-3-16(17)29-10-28)14-6-11(19(22,23)24)7-15-18(14)26-9-27(15)8-12(21)4-5-25/h1-4,6-7,9-10H,5,8,25H2/b12-4-. The number of benzene rings is 2. The summed E-state index contributed by atoms with van der Waals surface area (Å²) in [5, 5.41) is -0.0519. The number of nitrogens with zero attached hydrogens (tertiary/aromatic N) is 2. The van der Waals surface area contributed by atoms with Crippen molar-refractivity contribution >= 4 is 29.1 Å². The van der Waals surface area contributed by atoms with Gasteiger partial charge in [-0.25, -0.2) is 9.37 Å². The lowest BCUT2D eigenvalue weighted by Crippen LogP contribution is -2.06. The number of nitrogens with two attached hydrogens (primary N) is 1. The molecule has 29 heavy (non-hydrogen) atoms. The fourth-order valence-electron chi connectivity index (χ4n) is 2.88. The van der Waals surface area contributed by atoms with Crippen molar-refractivity contribution in [2.75, 3.05) is 6.54 Å². The summed E-state index contributed by atoms with van der Waals surface area (Å²) in [6.07, 6.45) is -2.30. The van der Waals surface area contributed by atoms with E-state index in [-0.39, 0.29) is 52.5 Å². The van der Waals surface area contributed by atoms with Crippen LogP contribution in [0.3, 0.4) is 0 Å². The van der Waals surface area contributed by atoms with Gasteiger partial charge in [-0.05, 0) is 24.3 Å². The Morgan fingerprint density at radius 1 is 1.28 bits per heavy atom. The zero-order chi connectivity index (χ0) is 21.2. The number of alkyl halides is 3. The molecule has 152 valence electrons. The van der Waals surface area contributed by atoms with Gasteiger partial charge in [0.2, 0.25) is 0 Å². The van der Waals surface area contributed by atoms with Crippen LogP contribution in [0.5, 0.6) is 5.75 Å². The molecule has 0 saturated carbocycles. The van der Waals surface area contributed by atoms with Gasteiger partial charge in [-0.3, -0.25) is 4.79 Å². The van der Waals surface area contributed by atoms with Crippen LogP contribution in [0.4, 0.5) is 17.6 Å². The van der Waals surface area contributed by atoms with E-state index in [4.69, 9.17) is 22.1 Å². The Hall–Kier alpha value is -2.91. The van der Waals surface area contributed by atoms with Crippen LogP contribution in [0.2, 0.25) is 5.02 Å². The summed E-state index contributed by atoms with van der Waals surface area (Å²) in [6.45, 7) is -0.207. The van der Waals surface area contributed by atoms with Crippen LogP contribution in [0.25, 0.3) is 22.2 Å². The molecule has 0 aliphatic heterocycles. The monoisotopic (exact) mass is 427 g/mol. The minimum atomic E-state index is -4.66. The van der Waals surface area contributed by atoms with E-state index in [1.54, 1.807) is 0 Å². The number of imidazole rings is 1. The Morgan fingerprint density at radius 3 is 2.69 bits per heavy atom. The molecule has 5 nitrogen and oxygen atoms in total. The molecule has 2 N–H and O–H groups in total. The predicted octanol–water partition coefficient (Wildman–Crippen LogP) is 4.72. The molecule has 0 fully saturated rings. The van der Waals surface area contributed by atoms with Crippen LogP contribution < -0.4 is 10.5 Å². The normalized spacial score (nSPS) is 12.4. The lowest BCUT2D eigenvalue weighted by Gasteiger charge is -2.13. The summed E-state index contributed by atoms with van der Waals surface area (Å²) in [5.74, 6) is -0.619. The lowest BCUT2D eigenvalue weighted by molar-refractivity contribution is -0.137. The second-order valence-electron chi connectivity index (χ2n) is 5.98. The fraction of sp³-hybridized carbons (Fsp3) is 0.158. The summed E-state index contributed by atoms with van der Waals surface area (Å²) < 4.78 is 60.4. The number of halogens is 5. The number of hydrogen-bond acceptors (Lipinski definition) is 4. The van der Waals surface area contributed by atoms with Crippen LogP contribution in [0.1, 0.15) is 5.56 Å². The third-order valence-corrected chi connectivity index (χ3v) is 4.53. The van der Waals surface area contributed by atoms with Gasteiger partial charge in [-0.15, -0.1) is 0 Å². The van der Waals surface area contributed by atoms with Crippen LogP contribution in [-0.4, -0.2) is 22.6 Å². The molecular weight excluding hydrogens is 414 g/mol. The Morgan fingerprint density at radius 2 is 2.03 bits per heavy atom. The van der Waals surface area contributed by atoms with Crippen molar-refractivity contribution in [2.45, 2.75) is 12.7 Å². The molecule has 1 heterocycles. The van der Waals surface area contributed by atoms with E-state index in [9.17, 15) is 22.4 Å². The van der Waals surface area contributed by atoms with Gasteiger partial charge in [0.1, 0.15) is 11.6 Å². The van der Waals surface area contributed by atoms with E-state index in [2.05, 4.69) is 4.98 Å². The first-order valence-electron chi connectivity index (χ1n) is 8.26. The van der Waals surface area contributed by atoms with Crippen LogP contribution >= 0.6 is 11.6 Å². The quantitative estimate of drug-likeness (QED) is 0.456. The second-order valence-corrected chi connectivity index (χ2v) is 6.36. The molecule has 3 rings (SSSR count). The van der Waals surface area contributed by atoms with Crippen LogP contribution in [-0.2, 0) is 17.5 Å². The van der Waals surface area contributed by atoms with Gasteiger partial charge in [0.15, 0.2) is 0 Å². The largest absolute Gasteiger partial charge is 0.427 e. The summed E-state index contributed by atoms with van der Waals surface area (Å²) in [6, 6.07) is 6.14. The average molecular weight is 428 g/mol. The highest BCUT2D eigenvalue weighted by Crippen LogP contribution is 2.41. The van der Waals surface area contributed by atoms with Gasteiger partial charge < -0.3 is 15.0 Å². The summed E-state index contributed by atoms with van der Waals surface area (Å²) in [7, 11) is 0. The molecule has 0 bridgehead atoms. The maximum Gasteiger partial charge on any atom is 0.416 e. The molecule has 10 heteroatoms. The lowest BCUT2D eigenvalue weighted by atomic mass is 10.0. The average Bonchev–Trinajstić information content (AvgIpc) is 3.05. The van der Waals surface area contributed by atoms with E-state index in [0.29, 0.717) is 0 Å². The van der Waals surface area contributed by atoms with E-state index in [0.717, 1.165) is 18.2 Å². The van der Waals surface area contributed by atoms with Crippen LogP contribution in [0.15, 0.2) is 48.6 Å². The molecule has 0 aliphatic rings. The number of allylic oxidation sites excluding steroid dienone is 1. The molecule has 0 atom stereocenters. The Balaban J connectivity index is 2.27. The van der Waals surface area contributed by atoms with E-state index >= 15 is 0 Å². The summed E-state index contributed by atoms with van der Waals surface area (Å²) >= 11 is 6.24. The van der Waals surface area contributed by atoms with Crippen molar-refractivity contribution in [2.24, 2.45) is 5.73 Å². The molecule has 0 unspecified atom stereocenters. The van der Waals surface area contributed by atoms with Gasteiger partial charge in [0.25, 0.3) is 6.47 Å². The molecular formula is C19H14ClF4N3O2. The van der Waals surface area contributed by atoms with E-state index < -0.39 is 17.6 Å². The first-order valence-corrected chi connectivity index (χ1v) is 8.64. The van der Waals surface area contributed by atoms with Gasteiger partial charge >= 0.3 is 6.18 Å². The fourth-order valence-corrected chi connectivity index (χ4v) is 3.15. The Labute approximate surface area is 167 Å². The molecule has 0 radical (unpaired) electrons. The second kappa shape index (κ2) is 8.22. The number of rotatable bonds is 6. The van der Waals surface area contributed by atoms with Crippen molar-refractivity contribution in [1.29, 1.82) is 0 Å². The molecule has 0 saturated heterocycles. The number of fused-ring (bicyclic) bond motifs is 1. The van der Waals surface area contributed by atoms with Gasteiger partial charge in [0.05, 0.1) is 34.5 Å². The van der Waals surface area contributed by atoms with Gasteiger partial charge in [0, 0.05) is 17.7 Å². The summed E-state index contributed by atoms with van der Waals surface area (Å²) in [4.78, 5) is 14.8. The van der Waals surface area contributed by atoms with E-state index in [1.807, 2.05) is 0 Å². The molecule has 3 aromatic rings. The molecule has 0 spiro atoms. The van der Waals surface area contributed by atoms with Crippen molar-refractivity contribution in [3.05, 3.63) is 59.1 Å². The van der Waals surface area contributed by atoms with Crippen molar-refractivity contribution in [3.63, 3.8) is 0 Å². The summed E-state index contributed by atoms with van der Waals surface area (Å²) in [5.41, 5.74) is 4.81. The number of ether oxygens (including phenoxy) is 1. The Kier molecular flexibility index (Phi) is 5.90. The highest BCUT2D eigenvalue weighted by Gasteiger charge is 2.32. The zero-order valence-corrected chi connectivity index (χ0v) is 15.5. The SMILES string of the molecule is NC/C=C(\F)Cn1cnc2c(-c3cccc(OC=O)c3Cl)cc(C(F)(F)F)cc21. The van der Waals surface area contributed by atoms with Crippen molar-refractivity contribution in [3.8, 4) is 16.9 Å². The maximum atomic E-state index is 13.9. The third kappa shape index (κ3) is 4.25. The first kappa shape index (κ1) is 20.8. The molecule has 0 aliphatic carbocycles. The van der Waals surface area contributed by atoms with Gasteiger partial charge in [-0.1, -0.05) is 23.7 Å². The number of carbonyl (C=O) groups is 1. The smallest absolute Gasteiger partial charge is 0.416 e. The zero-order valence-electron chi connectivity index (χ0n) is 14.7. The highest BCUT2D eigenvalue weighted by molar-refractivity contribution is 6.35. The molecule has 2 aromatic carbocycles. The number of carbonyl (C=O) groups excluding carboxylic acids is 1. The Bertz CT molecular complexity index is 1090. The van der Waals surface area contributed by atoms with Crippen molar-refractivity contribution in [1.82, 2.24) is 9.55 Å². The number of aromatic nitrogens is 2. The van der Waals surface area contributed by atoms with Gasteiger partial charge in [-0.2, -0.15) is 13.2 Å². The van der Waals surface area contributed by atoms with E-state index in [1.165, 1.54) is 29.1 Å². The van der Waals surface area contributed by atoms with Crippen LogP contribution in [0, 0.1) is 0 Å². The number of hydrogen-bond donors (Lipinski definition) is 1. The molecule has 1 aromatic heterocycles. The molecule has 0 amide bonds. The predicted molar refractivity (Wildman–Crippen MR) is 100 cm³/mol.